The molecule has 0 unspecified atom stereocenters. The molecule has 29 heavy (non-hydrogen) atoms. The average molecular weight is 390 g/mol. The molecule has 146 valence electrons. The van der Waals surface area contributed by atoms with Gasteiger partial charge in [0.15, 0.2) is 11.5 Å². The van der Waals surface area contributed by atoms with Crippen LogP contribution in [0.1, 0.15) is 17.3 Å². The lowest BCUT2D eigenvalue weighted by molar-refractivity contribution is -0.131. The van der Waals surface area contributed by atoms with Gasteiger partial charge in [0.2, 0.25) is 0 Å². The molecule has 0 radical (unpaired) electrons. The number of fused-ring (bicyclic) bond motifs is 2. The molecule has 1 heterocycles. The van der Waals surface area contributed by atoms with Crippen molar-refractivity contribution in [2.45, 2.75) is 6.92 Å². The number of methoxy groups -OCH3 is 1. The highest BCUT2D eigenvalue weighted by molar-refractivity contribution is 6.12. The van der Waals surface area contributed by atoms with Gasteiger partial charge in [-0.1, -0.05) is 12.1 Å². The molecule has 7 nitrogen and oxygen atoms in total. The zero-order valence-electron chi connectivity index (χ0n) is 15.8. The summed E-state index contributed by atoms with van der Waals surface area (Å²) in [7, 11) is 1.49. The smallest absolute Gasteiger partial charge is 0.308 e. The number of anilines is 3. The normalized spacial score (nSPS) is 12.0. The Morgan fingerprint density at radius 2 is 1.66 bits per heavy atom. The molecule has 0 aromatic heterocycles. The fourth-order valence-electron chi connectivity index (χ4n) is 3.18. The summed E-state index contributed by atoms with van der Waals surface area (Å²) in [5.74, 6) is 0.0601. The van der Waals surface area contributed by atoms with Gasteiger partial charge >= 0.3 is 5.97 Å². The molecule has 1 aliphatic heterocycles. The fourth-order valence-corrected chi connectivity index (χ4v) is 3.18. The molecule has 7 heteroatoms. The first-order valence-corrected chi connectivity index (χ1v) is 8.87. The lowest BCUT2D eigenvalue weighted by atomic mass is 10.0. The van der Waals surface area contributed by atoms with Gasteiger partial charge in [0.1, 0.15) is 5.75 Å². The van der Waals surface area contributed by atoms with Gasteiger partial charge < -0.3 is 25.2 Å². The summed E-state index contributed by atoms with van der Waals surface area (Å²) in [6.45, 7) is 1.32. The van der Waals surface area contributed by atoms with Crippen LogP contribution in [0.3, 0.4) is 0 Å². The molecule has 0 atom stereocenters. The highest BCUT2D eigenvalue weighted by Crippen LogP contribution is 2.38. The van der Waals surface area contributed by atoms with E-state index in [9.17, 15) is 14.7 Å². The van der Waals surface area contributed by atoms with E-state index < -0.39 is 5.97 Å². The first-order chi connectivity index (χ1) is 13.9. The van der Waals surface area contributed by atoms with Gasteiger partial charge in [-0.3, -0.25) is 9.59 Å². The van der Waals surface area contributed by atoms with E-state index in [1.54, 1.807) is 42.5 Å². The molecular weight excluding hydrogens is 372 g/mol. The molecule has 4 rings (SSSR count). The minimum absolute atomic E-state index is 0.0565. The van der Waals surface area contributed by atoms with Crippen molar-refractivity contribution in [1.29, 1.82) is 0 Å². The van der Waals surface area contributed by atoms with Gasteiger partial charge in [-0.05, 0) is 47.5 Å². The van der Waals surface area contributed by atoms with Crippen LogP contribution in [0.2, 0.25) is 0 Å². The summed E-state index contributed by atoms with van der Waals surface area (Å²) in [6, 6.07) is 15.5. The SMILES string of the molecule is COc1cc(-c2ccc3c(c2)Nc2ccc(OC(C)=O)cc2NC3=O)ccc1O. The van der Waals surface area contributed by atoms with Gasteiger partial charge in [0, 0.05) is 13.0 Å². The van der Waals surface area contributed by atoms with E-state index in [1.165, 1.54) is 14.0 Å². The average Bonchev–Trinajstić information content (AvgIpc) is 2.83. The van der Waals surface area contributed by atoms with Crippen molar-refractivity contribution < 1.29 is 24.2 Å². The van der Waals surface area contributed by atoms with Gasteiger partial charge in [-0.2, -0.15) is 0 Å². The molecule has 0 aliphatic carbocycles. The van der Waals surface area contributed by atoms with Crippen LogP contribution in [0.4, 0.5) is 17.1 Å². The van der Waals surface area contributed by atoms with Crippen LogP contribution >= 0.6 is 0 Å². The van der Waals surface area contributed by atoms with Crippen molar-refractivity contribution in [3.63, 3.8) is 0 Å². The predicted octanol–water partition coefficient (Wildman–Crippen LogP) is 4.30. The minimum Gasteiger partial charge on any atom is -0.504 e. The van der Waals surface area contributed by atoms with E-state index in [4.69, 9.17) is 9.47 Å². The van der Waals surface area contributed by atoms with Gasteiger partial charge in [-0.15, -0.1) is 0 Å². The maximum absolute atomic E-state index is 12.7. The number of esters is 1. The number of aromatic hydroxyl groups is 1. The maximum atomic E-state index is 12.7. The van der Waals surface area contributed by atoms with Crippen molar-refractivity contribution in [1.82, 2.24) is 0 Å². The summed E-state index contributed by atoms with van der Waals surface area (Å²) in [4.78, 5) is 23.9. The third-order valence-corrected chi connectivity index (χ3v) is 4.55. The Labute approximate surface area is 166 Å². The molecule has 3 aromatic carbocycles. The Balaban J connectivity index is 1.73. The number of carbonyl (C=O) groups is 2. The Morgan fingerprint density at radius 1 is 0.897 bits per heavy atom. The van der Waals surface area contributed by atoms with Crippen LogP contribution in [0.15, 0.2) is 54.6 Å². The van der Waals surface area contributed by atoms with E-state index >= 15 is 0 Å². The van der Waals surface area contributed by atoms with Crippen LogP contribution in [-0.2, 0) is 4.79 Å². The first-order valence-electron chi connectivity index (χ1n) is 8.87. The minimum atomic E-state index is -0.435. The number of nitrogens with one attached hydrogen (secondary N) is 2. The fraction of sp³-hybridized carbons (Fsp3) is 0.0909. The van der Waals surface area contributed by atoms with E-state index in [2.05, 4.69) is 10.6 Å². The molecule has 1 amide bonds. The van der Waals surface area contributed by atoms with Crippen LogP contribution < -0.4 is 20.1 Å². The number of benzene rings is 3. The van der Waals surface area contributed by atoms with Crippen molar-refractivity contribution in [2.75, 3.05) is 17.7 Å². The number of phenols is 1. The molecule has 3 aromatic rings. The van der Waals surface area contributed by atoms with Gasteiger partial charge in [0.25, 0.3) is 5.91 Å². The monoisotopic (exact) mass is 390 g/mol. The highest BCUT2D eigenvalue weighted by Gasteiger charge is 2.20. The van der Waals surface area contributed by atoms with Crippen molar-refractivity contribution in [2.24, 2.45) is 0 Å². The number of hydrogen-bond acceptors (Lipinski definition) is 6. The molecule has 1 aliphatic rings. The number of phenolic OH excluding ortho intramolecular Hbond substituents is 1. The lowest BCUT2D eigenvalue weighted by Crippen LogP contribution is -2.11. The van der Waals surface area contributed by atoms with Crippen molar-refractivity contribution in [3.8, 4) is 28.4 Å². The van der Waals surface area contributed by atoms with Gasteiger partial charge in [0.05, 0.1) is 29.7 Å². The van der Waals surface area contributed by atoms with E-state index in [1.807, 2.05) is 12.1 Å². The van der Waals surface area contributed by atoms with Gasteiger partial charge in [-0.25, -0.2) is 0 Å². The van der Waals surface area contributed by atoms with E-state index in [-0.39, 0.29) is 11.7 Å². The molecule has 0 saturated carbocycles. The third-order valence-electron chi connectivity index (χ3n) is 4.55. The summed E-state index contributed by atoms with van der Waals surface area (Å²) in [5, 5.41) is 15.9. The maximum Gasteiger partial charge on any atom is 0.308 e. The Morgan fingerprint density at radius 3 is 2.41 bits per heavy atom. The summed E-state index contributed by atoms with van der Waals surface area (Å²) in [6.07, 6.45) is 0. The summed E-state index contributed by atoms with van der Waals surface area (Å²) >= 11 is 0. The van der Waals surface area contributed by atoms with Crippen LogP contribution in [0, 0.1) is 0 Å². The number of ether oxygens (including phenoxy) is 2. The van der Waals surface area contributed by atoms with Crippen molar-refractivity contribution in [3.05, 3.63) is 60.2 Å². The van der Waals surface area contributed by atoms with Crippen LogP contribution in [-0.4, -0.2) is 24.1 Å². The Kier molecular flexibility index (Phi) is 4.56. The number of carbonyl (C=O) groups excluding carboxylic acids is 2. The second-order valence-corrected chi connectivity index (χ2v) is 6.53. The Bertz CT molecular complexity index is 1140. The number of rotatable bonds is 3. The molecule has 3 N–H and O–H groups in total. The molecule has 0 saturated heterocycles. The van der Waals surface area contributed by atoms with E-state index in [0.717, 1.165) is 11.1 Å². The number of hydrogen-bond donors (Lipinski definition) is 3. The number of amides is 1. The topological polar surface area (TPSA) is 96.9 Å². The van der Waals surface area contributed by atoms with Crippen LogP contribution in [0.5, 0.6) is 17.2 Å². The zero-order valence-corrected chi connectivity index (χ0v) is 15.8. The lowest BCUT2D eigenvalue weighted by Gasteiger charge is -2.12. The summed E-state index contributed by atoms with van der Waals surface area (Å²) in [5.41, 5.74) is 3.98. The second kappa shape index (κ2) is 7.20. The molecular formula is C22H18N2O5. The largest absolute Gasteiger partial charge is 0.504 e. The zero-order chi connectivity index (χ0) is 20.5. The molecule has 0 spiro atoms. The summed E-state index contributed by atoms with van der Waals surface area (Å²) < 4.78 is 10.3. The molecule has 0 bridgehead atoms. The first kappa shape index (κ1) is 18.4. The second-order valence-electron chi connectivity index (χ2n) is 6.53. The van der Waals surface area contributed by atoms with Crippen LogP contribution in [0.25, 0.3) is 11.1 Å². The standard InChI is InChI=1S/C22H18N2O5/c1-12(25)29-15-5-7-17-19(11-15)24-22(27)16-6-3-13(9-18(16)23-17)14-4-8-20(26)21(10-14)28-2/h3-11,23,26H,1-2H3,(H,24,27). The van der Waals surface area contributed by atoms with Crippen molar-refractivity contribution >= 4 is 28.9 Å². The highest BCUT2D eigenvalue weighted by atomic mass is 16.5. The Hall–Kier alpha value is -4.00. The predicted molar refractivity (Wildman–Crippen MR) is 109 cm³/mol. The third kappa shape index (κ3) is 3.58. The molecule has 0 fully saturated rings. The van der Waals surface area contributed by atoms with E-state index in [0.29, 0.717) is 34.1 Å². The quantitative estimate of drug-likeness (QED) is 0.456.